The Labute approximate surface area is 194 Å². The van der Waals surface area contributed by atoms with E-state index < -0.39 is 0 Å². The van der Waals surface area contributed by atoms with Crippen LogP contribution in [0.15, 0.2) is 115 Å². The third-order valence-electron chi connectivity index (χ3n) is 4.67. The molecule has 0 bridgehead atoms. The van der Waals surface area contributed by atoms with Crippen LogP contribution in [-0.4, -0.2) is 11.9 Å². The molecule has 0 spiro atoms. The zero-order valence-electron chi connectivity index (χ0n) is 18.5. The van der Waals surface area contributed by atoms with Gasteiger partial charge in [-0.3, -0.25) is 0 Å². The maximum absolute atomic E-state index is 11.9. The molecule has 0 heterocycles. The van der Waals surface area contributed by atoms with Gasteiger partial charge in [-0.1, -0.05) is 86.1 Å². The van der Waals surface area contributed by atoms with Crippen LogP contribution >= 0.6 is 0 Å². The second-order valence-electron chi connectivity index (χ2n) is 7.18. The third kappa shape index (κ3) is 7.47. The highest BCUT2D eigenvalue weighted by molar-refractivity contribution is 5.91. The van der Waals surface area contributed by atoms with Gasteiger partial charge < -0.3 is 9.47 Å². The lowest BCUT2D eigenvalue weighted by molar-refractivity contribution is 0.0724. The summed E-state index contributed by atoms with van der Waals surface area (Å²) in [6.07, 6.45) is 1.94. The smallest absolute Gasteiger partial charge is 0.343 e. The first-order valence-corrected chi connectivity index (χ1v) is 10.8. The lowest BCUT2D eigenvalue weighted by Crippen LogP contribution is -2.09. The van der Waals surface area contributed by atoms with E-state index in [1.807, 2.05) is 78.9 Å². The van der Waals surface area contributed by atoms with Crippen molar-refractivity contribution in [1.82, 2.24) is 0 Å². The fourth-order valence-corrected chi connectivity index (χ4v) is 3.04. The SMILES string of the molecule is CCCc1ccccc1OC(=O)c1ccccc1.O=C(Oc1ccccc1)c1ccccc1. The molecule has 4 aromatic carbocycles. The first-order chi connectivity index (χ1) is 16.2. The van der Waals surface area contributed by atoms with Crippen LogP contribution in [-0.2, 0) is 6.42 Å². The predicted octanol–water partition coefficient (Wildman–Crippen LogP) is 6.76. The molecule has 0 saturated heterocycles. The van der Waals surface area contributed by atoms with E-state index in [1.54, 1.807) is 36.4 Å². The Morgan fingerprint density at radius 1 is 0.576 bits per heavy atom. The molecule has 0 N–H and O–H groups in total. The van der Waals surface area contributed by atoms with Crippen LogP contribution in [0.1, 0.15) is 39.6 Å². The van der Waals surface area contributed by atoms with E-state index in [0.29, 0.717) is 22.6 Å². The van der Waals surface area contributed by atoms with Crippen molar-refractivity contribution in [2.75, 3.05) is 0 Å². The number of hydrogen-bond acceptors (Lipinski definition) is 4. The summed E-state index contributed by atoms with van der Waals surface area (Å²) in [5, 5.41) is 0. The number of ether oxygens (including phenoxy) is 2. The molecule has 0 amide bonds. The summed E-state index contributed by atoms with van der Waals surface area (Å²) in [6.45, 7) is 2.11. The summed E-state index contributed by atoms with van der Waals surface area (Å²) >= 11 is 0. The molecule has 4 nitrogen and oxygen atoms in total. The fraction of sp³-hybridized carbons (Fsp3) is 0.103. The average molecular weight is 439 g/mol. The largest absolute Gasteiger partial charge is 0.423 e. The van der Waals surface area contributed by atoms with E-state index in [4.69, 9.17) is 9.47 Å². The lowest BCUT2D eigenvalue weighted by atomic mass is 10.1. The number of para-hydroxylation sites is 2. The van der Waals surface area contributed by atoms with Gasteiger partial charge in [-0.25, -0.2) is 9.59 Å². The number of hydrogen-bond donors (Lipinski definition) is 0. The van der Waals surface area contributed by atoms with Gasteiger partial charge in [0, 0.05) is 0 Å². The molecule has 4 aromatic rings. The Kier molecular flexibility index (Phi) is 8.98. The van der Waals surface area contributed by atoms with E-state index in [9.17, 15) is 9.59 Å². The second kappa shape index (κ2) is 12.6. The number of esters is 2. The fourth-order valence-electron chi connectivity index (χ4n) is 3.04. The van der Waals surface area contributed by atoms with E-state index in [-0.39, 0.29) is 11.9 Å². The van der Waals surface area contributed by atoms with Crippen molar-refractivity contribution in [2.24, 2.45) is 0 Å². The van der Waals surface area contributed by atoms with Crippen molar-refractivity contribution in [3.05, 3.63) is 132 Å². The molecule has 0 fully saturated rings. The normalized spacial score (nSPS) is 9.85. The molecule has 4 heteroatoms. The molecule has 0 aromatic heterocycles. The molecule has 4 rings (SSSR count). The highest BCUT2D eigenvalue weighted by atomic mass is 16.5. The summed E-state index contributed by atoms with van der Waals surface area (Å²) < 4.78 is 10.6. The summed E-state index contributed by atoms with van der Waals surface area (Å²) in [4.78, 5) is 23.5. The zero-order chi connectivity index (χ0) is 23.3. The van der Waals surface area contributed by atoms with Crippen molar-refractivity contribution in [3.63, 3.8) is 0 Å². The maximum atomic E-state index is 11.9. The van der Waals surface area contributed by atoms with Crippen molar-refractivity contribution < 1.29 is 19.1 Å². The summed E-state index contributed by atoms with van der Waals surface area (Å²) in [5.41, 5.74) is 2.20. The Bertz CT molecular complexity index is 1140. The standard InChI is InChI=1S/C16H16O2.C13H10O2/c1-2-8-13-9-6-7-12-15(13)18-16(17)14-10-4-3-5-11-14;14-13(11-7-3-1-4-8-11)15-12-9-5-2-6-10-12/h3-7,9-12H,2,8H2,1H3;1-10H. The Balaban J connectivity index is 0.000000189. The Morgan fingerprint density at radius 2 is 1.03 bits per heavy atom. The van der Waals surface area contributed by atoms with Gasteiger partial charge in [0.2, 0.25) is 0 Å². The molecule has 0 unspecified atom stereocenters. The molecular weight excluding hydrogens is 412 g/mol. The molecule has 0 aliphatic heterocycles. The van der Waals surface area contributed by atoms with Crippen molar-refractivity contribution in [3.8, 4) is 11.5 Å². The van der Waals surface area contributed by atoms with Crippen LogP contribution in [0.3, 0.4) is 0 Å². The summed E-state index contributed by atoms with van der Waals surface area (Å²) in [6, 6.07) is 34.7. The molecule has 33 heavy (non-hydrogen) atoms. The van der Waals surface area contributed by atoms with Crippen LogP contribution in [0.4, 0.5) is 0 Å². The Morgan fingerprint density at radius 3 is 1.58 bits per heavy atom. The quantitative estimate of drug-likeness (QED) is 0.246. The first-order valence-electron chi connectivity index (χ1n) is 10.8. The minimum Gasteiger partial charge on any atom is -0.423 e. The number of aryl methyl sites for hydroxylation is 1. The lowest BCUT2D eigenvalue weighted by Gasteiger charge is -2.09. The molecule has 0 aliphatic rings. The number of benzene rings is 4. The van der Waals surface area contributed by atoms with Crippen molar-refractivity contribution in [1.29, 1.82) is 0 Å². The Hall–Kier alpha value is -4.18. The third-order valence-corrected chi connectivity index (χ3v) is 4.67. The van der Waals surface area contributed by atoms with Crippen molar-refractivity contribution in [2.45, 2.75) is 19.8 Å². The molecule has 0 atom stereocenters. The van der Waals surface area contributed by atoms with Crippen LogP contribution in [0, 0.1) is 0 Å². The van der Waals surface area contributed by atoms with Gasteiger partial charge in [0.25, 0.3) is 0 Å². The zero-order valence-corrected chi connectivity index (χ0v) is 18.5. The van der Waals surface area contributed by atoms with Gasteiger partial charge in [-0.15, -0.1) is 0 Å². The molecular formula is C29H26O4. The van der Waals surface area contributed by atoms with E-state index in [2.05, 4.69) is 6.92 Å². The van der Waals surface area contributed by atoms with Gasteiger partial charge in [-0.05, 0) is 54.4 Å². The number of carbonyl (C=O) groups excluding carboxylic acids is 2. The highest BCUT2D eigenvalue weighted by Gasteiger charge is 2.10. The van der Waals surface area contributed by atoms with Crippen LogP contribution < -0.4 is 9.47 Å². The minimum atomic E-state index is -0.332. The van der Waals surface area contributed by atoms with Crippen molar-refractivity contribution >= 4 is 11.9 Å². The van der Waals surface area contributed by atoms with Gasteiger partial charge in [0.05, 0.1) is 11.1 Å². The maximum Gasteiger partial charge on any atom is 0.343 e. The molecule has 0 radical (unpaired) electrons. The first kappa shape index (κ1) is 23.5. The molecule has 0 aliphatic carbocycles. The number of carbonyl (C=O) groups is 2. The number of rotatable bonds is 6. The highest BCUT2D eigenvalue weighted by Crippen LogP contribution is 2.20. The minimum absolute atomic E-state index is 0.306. The van der Waals surface area contributed by atoms with Crippen LogP contribution in [0.25, 0.3) is 0 Å². The van der Waals surface area contributed by atoms with Gasteiger partial charge >= 0.3 is 11.9 Å². The van der Waals surface area contributed by atoms with E-state index in [0.717, 1.165) is 18.4 Å². The predicted molar refractivity (Wildman–Crippen MR) is 130 cm³/mol. The van der Waals surface area contributed by atoms with Gasteiger partial charge in [-0.2, -0.15) is 0 Å². The van der Waals surface area contributed by atoms with Crippen LogP contribution in [0.5, 0.6) is 11.5 Å². The average Bonchev–Trinajstić information content (AvgIpc) is 2.87. The summed E-state index contributed by atoms with van der Waals surface area (Å²) in [5.74, 6) is 0.584. The van der Waals surface area contributed by atoms with E-state index >= 15 is 0 Å². The summed E-state index contributed by atoms with van der Waals surface area (Å²) in [7, 11) is 0. The monoisotopic (exact) mass is 438 g/mol. The molecule has 0 saturated carbocycles. The van der Waals surface area contributed by atoms with E-state index in [1.165, 1.54) is 0 Å². The topological polar surface area (TPSA) is 52.6 Å². The molecule has 166 valence electrons. The second-order valence-corrected chi connectivity index (χ2v) is 7.18. The van der Waals surface area contributed by atoms with Gasteiger partial charge in [0.1, 0.15) is 11.5 Å². The van der Waals surface area contributed by atoms with Crippen LogP contribution in [0.2, 0.25) is 0 Å². The van der Waals surface area contributed by atoms with Gasteiger partial charge in [0.15, 0.2) is 0 Å².